The van der Waals surface area contributed by atoms with E-state index in [1.54, 1.807) is 25.1 Å². The topological polar surface area (TPSA) is 91.3 Å². The van der Waals surface area contributed by atoms with Gasteiger partial charge in [0.1, 0.15) is 10.7 Å². The molecule has 2 aromatic heterocycles. The van der Waals surface area contributed by atoms with Gasteiger partial charge in [0.25, 0.3) is 5.56 Å². The van der Waals surface area contributed by atoms with Gasteiger partial charge in [-0.3, -0.25) is 9.89 Å². The Hall–Kier alpha value is -2.82. The van der Waals surface area contributed by atoms with Crippen LogP contribution in [0.2, 0.25) is 0 Å². The van der Waals surface area contributed by atoms with Crippen LogP contribution >= 0.6 is 0 Å². The van der Waals surface area contributed by atoms with Gasteiger partial charge in [-0.05, 0) is 37.7 Å². The number of rotatable bonds is 5. The lowest BCUT2D eigenvalue weighted by Gasteiger charge is -2.31. The predicted molar refractivity (Wildman–Crippen MR) is 114 cm³/mol. The van der Waals surface area contributed by atoms with Crippen LogP contribution in [0.3, 0.4) is 0 Å². The van der Waals surface area contributed by atoms with Gasteiger partial charge >= 0.3 is 0 Å². The van der Waals surface area contributed by atoms with E-state index in [0.29, 0.717) is 43.0 Å². The summed E-state index contributed by atoms with van der Waals surface area (Å²) in [5, 5.41) is 2.95. The van der Waals surface area contributed by atoms with Crippen molar-refractivity contribution < 1.29 is 12.8 Å². The first kappa shape index (κ1) is 21.4. The first-order chi connectivity index (χ1) is 14.8. The fraction of sp³-hybridized carbons (Fsp3) is 0.333. The molecule has 10 heteroatoms. The highest BCUT2D eigenvalue weighted by Gasteiger charge is 2.28. The maximum atomic E-state index is 14.0. The molecule has 0 bridgehead atoms. The van der Waals surface area contributed by atoms with Crippen LogP contribution in [0.1, 0.15) is 16.8 Å². The van der Waals surface area contributed by atoms with Crippen molar-refractivity contribution in [3.05, 3.63) is 75.6 Å². The van der Waals surface area contributed by atoms with E-state index in [-0.39, 0.29) is 28.5 Å². The molecule has 0 atom stereocenters. The summed E-state index contributed by atoms with van der Waals surface area (Å²) >= 11 is 0. The van der Waals surface area contributed by atoms with E-state index in [1.165, 1.54) is 33.4 Å². The number of sulfonamides is 1. The molecule has 0 radical (unpaired) electrons. The van der Waals surface area contributed by atoms with E-state index in [1.807, 2.05) is 7.05 Å². The highest BCUT2D eigenvalue weighted by Crippen LogP contribution is 2.18. The quantitative estimate of drug-likeness (QED) is 0.643. The second kappa shape index (κ2) is 8.37. The normalized spacial score (nSPS) is 16.0. The number of H-pyrrole nitrogens is 1. The summed E-state index contributed by atoms with van der Waals surface area (Å²) < 4.78 is 42.4. The number of benzene rings is 1. The van der Waals surface area contributed by atoms with E-state index in [2.05, 4.69) is 15.0 Å². The smallest absolute Gasteiger partial charge is 0.276 e. The highest BCUT2D eigenvalue weighted by molar-refractivity contribution is 7.89. The van der Waals surface area contributed by atoms with Gasteiger partial charge in [0, 0.05) is 50.1 Å². The van der Waals surface area contributed by atoms with Crippen LogP contribution in [0.4, 0.5) is 4.39 Å². The average Bonchev–Trinajstić information content (AvgIpc) is 3.04. The predicted octanol–water partition coefficient (Wildman–Crippen LogP) is 1.54. The van der Waals surface area contributed by atoms with Crippen LogP contribution in [0.25, 0.3) is 5.82 Å². The summed E-state index contributed by atoms with van der Waals surface area (Å²) in [6, 6.07) is 9.27. The molecule has 0 unspecified atom stereocenters. The summed E-state index contributed by atoms with van der Waals surface area (Å²) in [5.74, 6) is -0.101. The Balaban J connectivity index is 1.60. The van der Waals surface area contributed by atoms with Crippen molar-refractivity contribution in [2.45, 2.75) is 18.2 Å². The Bertz CT molecular complexity index is 1240. The molecule has 164 valence electrons. The zero-order valence-corrected chi connectivity index (χ0v) is 18.2. The molecule has 8 nitrogen and oxygen atoms in total. The zero-order chi connectivity index (χ0) is 22.2. The molecule has 3 aromatic rings. The minimum absolute atomic E-state index is 0.0868. The van der Waals surface area contributed by atoms with E-state index in [0.717, 1.165) is 0 Å². The minimum Gasteiger partial charge on any atom is -0.304 e. The maximum Gasteiger partial charge on any atom is 0.276 e. The van der Waals surface area contributed by atoms with Crippen molar-refractivity contribution >= 4 is 10.0 Å². The lowest BCUT2D eigenvalue weighted by Crippen LogP contribution is -2.47. The minimum atomic E-state index is -3.64. The largest absolute Gasteiger partial charge is 0.304 e. The van der Waals surface area contributed by atoms with E-state index in [9.17, 15) is 17.6 Å². The molecule has 0 amide bonds. The molecule has 3 heterocycles. The molecule has 0 saturated carbocycles. The molecule has 1 aliphatic heterocycles. The maximum absolute atomic E-state index is 14.0. The number of aryl methyl sites for hydroxylation is 1. The Morgan fingerprint density at radius 1 is 1.10 bits per heavy atom. The molecule has 1 aliphatic rings. The van der Waals surface area contributed by atoms with Gasteiger partial charge in [-0.1, -0.05) is 18.2 Å². The van der Waals surface area contributed by atoms with Crippen LogP contribution in [0.15, 0.2) is 52.3 Å². The second-order valence-corrected chi connectivity index (χ2v) is 9.62. The van der Waals surface area contributed by atoms with Crippen LogP contribution in [0, 0.1) is 12.7 Å². The van der Waals surface area contributed by atoms with E-state index < -0.39 is 10.0 Å². The third-order valence-corrected chi connectivity index (χ3v) is 7.45. The monoisotopic (exact) mass is 445 g/mol. The molecule has 0 spiro atoms. The van der Waals surface area contributed by atoms with Gasteiger partial charge in [0.2, 0.25) is 10.0 Å². The summed E-state index contributed by atoms with van der Waals surface area (Å²) in [7, 11) is -1.68. The number of aromatic amines is 1. The first-order valence-electron chi connectivity index (χ1n) is 9.96. The molecule has 4 rings (SSSR count). The van der Waals surface area contributed by atoms with Crippen LogP contribution in [-0.2, 0) is 16.4 Å². The molecule has 1 fully saturated rings. The Kier molecular flexibility index (Phi) is 5.78. The number of hydrogen-bond donors (Lipinski definition) is 1. The summed E-state index contributed by atoms with van der Waals surface area (Å²) in [6.45, 7) is 3.93. The third kappa shape index (κ3) is 4.18. The fourth-order valence-corrected chi connectivity index (χ4v) is 4.99. The highest BCUT2D eigenvalue weighted by atomic mass is 32.2. The van der Waals surface area contributed by atoms with E-state index in [4.69, 9.17) is 0 Å². The fourth-order valence-electron chi connectivity index (χ4n) is 3.62. The standard InChI is InChI=1S/C21H24FN5O3S/c1-15-18(13-16-5-3-4-6-19(16)22)21(28)27(24-15)20-8-7-17(14-23-20)31(29,30)26-11-9-25(2)10-12-26/h3-8,14,24H,9-13H2,1-2H3. The van der Waals surface area contributed by atoms with Crippen molar-refractivity contribution in [3.8, 4) is 5.82 Å². The summed E-state index contributed by atoms with van der Waals surface area (Å²) in [5.41, 5.74) is 1.11. The lowest BCUT2D eigenvalue weighted by molar-refractivity contribution is 0.222. The van der Waals surface area contributed by atoms with Crippen LogP contribution in [-0.4, -0.2) is 65.6 Å². The molecular weight excluding hydrogens is 421 g/mol. The van der Waals surface area contributed by atoms with Crippen LogP contribution in [0.5, 0.6) is 0 Å². The average molecular weight is 446 g/mol. The van der Waals surface area contributed by atoms with E-state index >= 15 is 0 Å². The van der Waals surface area contributed by atoms with Gasteiger partial charge < -0.3 is 4.90 Å². The van der Waals surface area contributed by atoms with Crippen molar-refractivity contribution in [2.24, 2.45) is 0 Å². The zero-order valence-electron chi connectivity index (χ0n) is 17.4. The molecule has 1 N–H and O–H groups in total. The number of halogens is 1. The van der Waals surface area contributed by atoms with Crippen molar-refractivity contribution in [1.82, 2.24) is 24.0 Å². The first-order valence-corrected chi connectivity index (χ1v) is 11.4. The molecule has 31 heavy (non-hydrogen) atoms. The van der Waals surface area contributed by atoms with Gasteiger partial charge in [0.05, 0.1) is 0 Å². The van der Waals surface area contributed by atoms with Gasteiger partial charge in [-0.15, -0.1) is 0 Å². The Labute approximate surface area is 180 Å². The van der Waals surface area contributed by atoms with Gasteiger partial charge in [-0.25, -0.2) is 22.5 Å². The molecule has 1 saturated heterocycles. The summed E-state index contributed by atoms with van der Waals surface area (Å²) in [6.07, 6.45) is 1.42. The number of piperazine rings is 1. The van der Waals surface area contributed by atoms with Crippen LogP contribution < -0.4 is 5.56 Å². The second-order valence-electron chi connectivity index (χ2n) is 7.68. The summed E-state index contributed by atoms with van der Waals surface area (Å²) in [4.78, 5) is 19.3. The van der Waals surface area contributed by atoms with Crippen molar-refractivity contribution in [2.75, 3.05) is 33.2 Å². The SMILES string of the molecule is Cc1[nH]n(-c2ccc(S(=O)(=O)N3CCN(C)CC3)cn2)c(=O)c1Cc1ccccc1F. The number of nitrogens with zero attached hydrogens (tertiary/aromatic N) is 4. The number of hydrogen-bond acceptors (Lipinski definition) is 5. The number of aromatic nitrogens is 3. The Morgan fingerprint density at radius 2 is 1.81 bits per heavy atom. The van der Waals surface area contributed by atoms with Crippen molar-refractivity contribution in [1.29, 1.82) is 0 Å². The van der Waals surface area contributed by atoms with Gasteiger partial charge in [0.15, 0.2) is 5.82 Å². The van der Waals surface area contributed by atoms with Gasteiger partial charge in [-0.2, -0.15) is 4.31 Å². The number of likely N-dealkylation sites (N-methyl/N-ethyl adjacent to an activating group) is 1. The lowest BCUT2D eigenvalue weighted by atomic mass is 10.1. The molecular formula is C21H24FN5O3S. The Morgan fingerprint density at radius 3 is 2.45 bits per heavy atom. The molecule has 1 aromatic carbocycles. The third-order valence-electron chi connectivity index (χ3n) is 5.57. The number of pyridine rings is 1. The number of nitrogens with one attached hydrogen (secondary N) is 1. The van der Waals surface area contributed by atoms with Crippen molar-refractivity contribution in [3.63, 3.8) is 0 Å². The molecule has 0 aliphatic carbocycles.